The molecule has 1 atom stereocenters. The van der Waals surface area contributed by atoms with Crippen LogP contribution in [0.15, 0.2) is 0 Å². The summed E-state index contributed by atoms with van der Waals surface area (Å²) in [6.07, 6.45) is 1.31. The van der Waals surface area contributed by atoms with E-state index >= 15 is 0 Å². The standard InChI is InChI=1S/C6H14N2/c1-6-4-5-7(2)8(6)3/h6H,4-5H2,1-3H3/t6-/m1/s1. The Morgan fingerprint density at radius 3 is 2.12 bits per heavy atom. The summed E-state index contributed by atoms with van der Waals surface area (Å²) in [5.41, 5.74) is 0. The highest BCUT2D eigenvalue weighted by molar-refractivity contribution is 4.68. The predicted molar refractivity (Wildman–Crippen MR) is 34.5 cm³/mol. The van der Waals surface area contributed by atoms with Gasteiger partial charge >= 0.3 is 0 Å². The maximum atomic E-state index is 2.28. The Kier molecular flexibility index (Phi) is 1.54. The molecule has 2 heteroatoms. The number of rotatable bonds is 0. The number of nitrogens with zero attached hydrogens (tertiary/aromatic N) is 2. The first-order valence-corrected chi connectivity index (χ1v) is 3.15. The molecule has 1 heterocycles. The van der Waals surface area contributed by atoms with E-state index < -0.39 is 0 Å². The van der Waals surface area contributed by atoms with Crippen molar-refractivity contribution in [3.8, 4) is 0 Å². The maximum absolute atomic E-state index is 2.28. The van der Waals surface area contributed by atoms with Gasteiger partial charge in [-0.3, -0.25) is 0 Å². The van der Waals surface area contributed by atoms with E-state index in [1.165, 1.54) is 13.0 Å². The lowest BCUT2D eigenvalue weighted by Gasteiger charge is -2.21. The zero-order chi connectivity index (χ0) is 6.15. The Bertz CT molecular complexity index is 72.6. The number of hydrazine groups is 1. The van der Waals surface area contributed by atoms with E-state index in [2.05, 4.69) is 31.0 Å². The van der Waals surface area contributed by atoms with Crippen LogP contribution < -0.4 is 0 Å². The van der Waals surface area contributed by atoms with Crippen molar-refractivity contribution < 1.29 is 0 Å². The minimum Gasteiger partial charge on any atom is -0.245 e. The molecule has 2 nitrogen and oxygen atoms in total. The largest absolute Gasteiger partial charge is 0.245 e. The molecule has 1 fully saturated rings. The highest BCUT2D eigenvalue weighted by Gasteiger charge is 2.20. The third-order valence-electron chi connectivity index (χ3n) is 2.05. The summed E-state index contributed by atoms with van der Waals surface area (Å²) in [5, 5.41) is 4.53. The van der Waals surface area contributed by atoms with Gasteiger partial charge in [0, 0.05) is 26.7 Å². The van der Waals surface area contributed by atoms with E-state index in [1.807, 2.05) is 0 Å². The van der Waals surface area contributed by atoms with Crippen LogP contribution in [0.1, 0.15) is 13.3 Å². The molecule has 1 aliphatic rings. The van der Waals surface area contributed by atoms with Crippen LogP contribution in [0.25, 0.3) is 0 Å². The molecule has 1 saturated heterocycles. The number of hydrogen-bond donors (Lipinski definition) is 0. The predicted octanol–water partition coefficient (Wildman–Crippen LogP) is 0.557. The molecule has 0 amide bonds. The van der Waals surface area contributed by atoms with Crippen molar-refractivity contribution in [3.05, 3.63) is 0 Å². The van der Waals surface area contributed by atoms with Crippen molar-refractivity contribution in [2.45, 2.75) is 19.4 Å². The summed E-state index contributed by atoms with van der Waals surface area (Å²) in [4.78, 5) is 0. The highest BCUT2D eigenvalue weighted by Crippen LogP contribution is 2.11. The average molecular weight is 114 g/mol. The molecule has 0 aromatic carbocycles. The first-order valence-electron chi connectivity index (χ1n) is 3.15. The van der Waals surface area contributed by atoms with E-state index in [-0.39, 0.29) is 0 Å². The smallest absolute Gasteiger partial charge is 0.0227 e. The van der Waals surface area contributed by atoms with Gasteiger partial charge in [-0.1, -0.05) is 0 Å². The molecule has 0 bridgehead atoms. The monoisotopic (exact) mass is 114 g/mol. The molecule has 0 N–H and O–H groups in total. The van der Waals surface area contributed by atoms with Gasteiger partial charge in [0.05, 0.1) is 0 Å². The van der Waals surface area contributed by atoms with Gasteiger partial charge in [0.2, 0.25) is 0 Å². The van der Waals surface area contributed by atoms with Crippen LogP contribution in [0.5, 0.6) is 0 Å². The van der Waals surface area contributed by atoms with Gasteiger partial charge in [-0.25, -0.2) is 10.0 Å². The fourth-order valence-corrected chi connectivity index (χ4v) is 1.05. The van der Waals surface area contributed by atoms with Gasteiger partial charge in [-0.2, -0.15) is 0 Å². The van der Waals surface area contributed by atoms with Crippen molar-refractivity contribution in [2.24, 2.45) is 0 Å². The molecular formula is C6H14N2. The SMILES string of the molecule is C[C@@H]1CCN(C)N1C. The normalized spacial score (nSPS) is 34.1. The van der Waals surface area contributed by atoms with Crippen molar-refractivity contribution >= 4 is 0 Å². The third kappa shape index (κ3) is 0.858. The zero-order valence-corrected chi connectivity index (χ0v) is 5.89. The van der Waals surface area contributed by atoms with Gasteiger partial charge in [-0.15, -0.1) is 0 Å². The molecule has 0 spiro atoms. The lowest BCUT2D eigenvalue weighted by Crippen LogP contribution is -2.33. The van der Waals surface area contributed by atoms with Gasteiger partial charge < -0.3 is 0 Å². The molecular weight excluding hydrogens is 100 g/mol. The Hall–Kier alpha value is -0.0800. The minimum absolute atomic E-state index is 0.750. The lowest BCUT2D eigenvalue weighted by molar-refractivity contribution is 0.0594. The quantitative estimate of drug-likeness (QED) is 0.454. The summed E-state index contributed by atoms with van der Waals surface area (Å²) in [5.74, 6) is 0. The summed E-state index contributed by atoms with van der Waals surface area (Å²) >= 11 is 0. The second-order valence-corrected chi connectivity index (χ2v) is 2.59. The van der Waals surface area contributed by atoms with Crippen LogP contribution in [-0.2, 0) is 0 Å². The summed E-state index contributed by atoms with van der Waals surface area (Å²) in [7, 11) is 4.27. The fraction of sp³-hybridized carbons (Fsp3) is 1.00. The van der Waals surface area contributed by atoms with Crippen molar-refractivity contribution in [3.63, 3.8) is 0 Å². The van der Waals surface area contributed by atoms with Gasteiger partial charge in [-0.05, 0) is 13.3 Å². The van der Waals surface area contributed by atoms with Gasteiger partial charge in [0.15, 0.2) is 0 Å². The van der Waals surface area contributed by atoms with Crippen molar-refractivity contribution in [2.75, 3.05) is 20.6 Å². The molecule has 8 heavy (non-hydrogen) atoms. The second-order valence-electron chi connectivity index (χ2n) is 2.59. The Morgan fingerprint density at radius 1 is 1.38 bits per heavy atom. The van der Waals surface area contributed by atoms with E-state index in [0.29, 0.717) is 0 Å². The molecule has 0 aromatic heterocycles. The minimum atomic E-state index is 0.750. The maximum Gasteiger partial charge on any atom is 0.0227 e. The Labute approximate surface area is 51.0 Å². The molecule has 0 aromatic rings. The zero-order valence-electron chi connectivity index (χ0n) is 5.89. The molecule has 48 valence electrons. The topological polar surface area (TPSA) is 6.48 Å². The fourth-order valence-electron chi connectivity index (χ4n) is 1.05. The van der Waals surface area contributed by atoms with Crippen LogP contribution >= 0.6 is 0 Å². The molecule has 1 rings (SSSR count). The Morgan fingerprint density at radius 2 is 2.00 bits per heavy atom. The van der Waals surface area contributed by atoms with E-state index in [1.54, 1.807) is 0 Å². The van der Waals surface area contributed by atoms with Gasteiger partial charge in [0.1, 0.15) is 0 Å². The first-order chi connectivity index (χ1) is 3.72. The van der Waals surface area contributed by atoms with Crippen LogP contribution in [0.2, 0.25) is 0 Å². The van der Waals surface area contributed by atoms with Crippen molar-refractivity contribution in [1.82, 2.24) is 10.0 Å². The third-order valence-corrected chi connectivity index (χ3v) is 2.05. The van der Waals surface area contributed by atoms with Crippen LogP contribution in [0.4, 0.5) is 0 Å². The molecule has 0 saturated carbocycles. The van der Waals surface area contributed by atoms with Crippen LogP contribution in [-0.4, -0.2) is 36.7 Å². The average Bonchev–Trinajstić information content (AvgIpc) is 1.98. The number of hydrogen-bond acceptors (Lipinski definition) is 2. The first kappa shape index (κ1) is 6.05. The van der Waals surface area contributed by atoms with Crippen LogP contribution in [0, 0.1) is 0 Å². The second kappa shape index (κ2) is 2.03. The van der Waals surface area contributed by atoms with E-state index in [9.17, 15) is 0 Å². The summed E-state index contributed by atoms with van der Waals surface area (Å²) in [6, 6.07) is 0.750. The molecule has 1 aliphatic heterocycles. The Balaban J connectivity index is 2.44. The molecule has 0 aliphatic carbocycles. The van der Waals surface area contributed by atoms with Crippen molar-refractivity contribution in [1.29, 1.82) is 0 Å². The molecule has 0 unspecified atom stereocenters. The van der Waals surface area contributed by atoms with E-state index in [4.69, 9.17) is 0 Å². The van der Waals surface area contributed by atoms with Crippen LogP contribution in [0.3, 0.4) is 0 Å². The summed E-state index contributed by atoms with van der Waals surface area (Å²) < 4.78 is 0. The molecule has 0 radical (unpaired) electrons. The summed E-state index contributed by atoms with van der Waals surface area (Å²) in [6.45, 7) is 3.47. The van der Waals surface area contributed by atoms with Gasteiger partial charge in [0.25, 0.3) is 0 Å². The lowest BCUT2D eigenvalue weighted by atomic mass is 10.3. The highest BCUT2D eigenvalue weighted by atomic mass is 15.6. The van der Waals surface area contributed by atoms with E-state index in [0.717, 1.165) is 6.04 Å².